The monoisotopic (exact) mass is 293 g/mol. The maximum Gasteiger partial charge on any atom is 0.149 e. The fourth-order valence-corrected chi connectivity index (χ4v) is 2.09. The van der Waals surface area contributed by atoms with Gasteiger partial charge in [-0.15, -0.1) is 0 Å². The molecular weight excluding hydrogens is 276 g/mol. The van der Waals surface area contributed by atoms with E-state index in [1.54, 1.807) is 12.1 Å². The number of rotatable bonds is 5. The Kier molecular flexibility index (Phi) is 4.75. The van der Waals surface area contributed by atoms with Crippen LogP contribution in [-0.2, 0) is 0 Å². The van der Waals surface area contributed by atoms with E-state index < -0.39 is 17.7 Å². The van der Waals surface area contributed by atoms with E-state index in [4.69, 9.17) is 4.74 Å². The zero-order valence-electron chi connectivity index (χ0n) is 11.9. The first-order valence-corrected chi connectivity index (χ1v) is 6.53. The van der Waals surface area contributed by atoms with Gasteiger partial charge < -0.3 is 15.2 Å². The molecule has 2 N–H and O–H groups in total. The summed E-state index contributed by atoms with van der Waals surface area (Å²) in [6, 6.07) is 8.99. The van der Waals surface area contributed by atoms with E-state index in [1.807, 2.05) is 13.0 Å². The molecule has 0 aliphatic rings. The number of ether oxygens (including phenoxy) is 1. The van der Waals surface area contributed by atoms with Gasteiger partial charge in [-0.2, -0.15) is 0 Å². The first-order chi connectivity index (χ1) is 10.0. The lowest BCUT2D eigenvalue weighted by molar-refractivity contribution is 0.186. The molecule has 2 aromatic rings. The molecule has 1 atom stereocenters. The van der Waals surface area contributed by atoms with Gasteiger partial charge in [0, 0.05) is 12.1 Å². The predicted molar refractivity (Wildman–Crippen MR) is 77.5 cm³/mol. The first-order valence-electron chi connectivity index (χ1n) is 6.53. The third-order valence-electron chi connectivity index (χ3n) is 3.18. The van der Waals surface area contributed by atoms with E-state index >= 15 is 0 Å². The number of aliphatic hydroxyl groups is 1. The van der Waals surface area contributed by atoms with Gasteiger partial charge in [-0.1, -0.05) is 17.7 Å². The van der Waals surface area contributed by atoms with Crippen LogP contribution in [0.25, 0.3) is 0 Å². The molecule has 0 fully saturated rings. The van der Waals surface area contributed by atoms with Gasteiger partial charge in [0.15, 0.2) is 0 Å². The van der Waals surface area contributed by atoms with E-state index in [1.165, 1.54) is 13.2 Å². The summed E-state index contributed by atoms with van der Waals surface area (Å²) in [5.74, 6) is -0.860. The van der Waals surface area contributed by atoms with Crippen LogP contribution < -0.4 is 10.1 Å². The topological polar surface area (TPSA) is 41.5 Å². The van der Waals surface area contributed by atoms with Crippen LogP contribution in [0.1, 0.15) is 17.2 Å². The highest BCUT2D eigenvalue weighted by Gasteiger charge is 2.15. The molecule has 21 heavy (non-hydrogen) atoms. The average molecular weight is 293 g/mol. The molecule has 0 saturated heterocycles. The second-order valence-corrected chi connectivity index (χ2v) is 4.74. The summed E-state index contributed by atoms with van der Waals surface area (Å²) in [5, 5.41) is 12.8. The second kappa shape index (κ2) is 6.54. The van der Waals surface area contributed by atoms with E-state index in [9.17, 15) is 13.9 Å². The SMILES string of the molecule is COc1ccc(C)cc1C(O)CNc1c(F)cccc1F. The minimum absolute atomic E-state index is 0.0301. The number of nitrogens with one attached hydrogen (secondary N) is 1. The molecule has 0 radical (unpaired) electrons. The summed E-state index contributed by atoms with van der Waals surface area (Å²) >= 11 is 0. The van der Waals surface area contributed by atoms with Crippen LogP contribution >= 0.6 is 0 Å². The number of anilines is 1. The molecule has 0 aliphatic heterocycles. The van der Waals surface area contributed by atoms with E-state index in [0.717, 1.165) is 17.7 Å². The lowest BCUT2D eigenvalue weighted by Crippen LogP contribution is -2.15. The van der Waals surface area contributed by atoms with Gasteiger partial charge in [0.2, 0.25) is 0 Å². The van der Waals surface area contributed by atoms with Crippen LogP contribution in [0.2, 0.25) is 0 Å². The van der Waals surface area contributed by atoms with Crippen molar-refractivity contribution < 1.29 is 18.6 Å². The van der Waals surface area contributed by atoms with Crippen molar-refractivity contribution in [2.45, 2.75) is 13.0 Å². The van der Waals surface area contributed by atoms with E-state index in [0.29, 0.717) is 11.3 Å². The van der Waals surface area contributed by atoms with Crippen molar-refractivity contribution in [3.8, 4) is 5.75 Å². The van der Waals surface area contributed by atoms with Crippen LogP contribution in [0, 0.1) is 18.6 Å². The molecule has 0 amide bonds. The zero-order valence-corrected chi connectivity index (χ0v) is 11.9. The van der Waals surface area contributed by atoms with Gasteiger partial charge in [0.25, 0.3) is 0 Å². The highest BCUT2D eigenvalue weighted by Crippen LogP contribution is 2.27. The van der Waals surface area contributed by atoms with Gasteiger partial charge in [0.05, 0.1) is 13.2 Å². The van der Waals surface area contributed by atoms with Crippen molar-refractivity contribution in [2.75, 3.05) is 19.0 Å². The standard InChI is InChI=1S/C16H17F2NO2/c1-10-6-7-15(21-2)11(8-10)14(20)9-19-16-12(17)4-3-5-13(16)18/h3-8,14,19-20H,9H2,1-2H3. The minimum atomic E-state index is -0.946. The normalized spacial score (nSPS) is 12.0. The Bertz CT molecular complexity index is 611. The summed E-state index contributed by atoms with van der Waals surface area (Å²) < 4.78 is 32.2. The average Bonchev–Trinajstić information content (AvgIpc) is 2.46. The van der Waals surface area contributed by atoms with Gasteiger partial charge in [0.1, 0.15) is 23.1 Å². The van der Waals surface area contributed by atoms with Crippen molar-refractivity contribution in [1.82, 2.24) is 0 Å². The summed E-state index contributed by atoms with van der Waals surface area (Å²) in [6.07, 6.45) is -0.946. The first kappa shape index (κ1) is 15.3. The Hall–Kier alpha value is -2.14. The molecule has 0 spiro atoms. The number of hydrogen-bond donors (Lipinski definition) is 2. The summed E-state index contributed by atoms with van der Waals surface area (Å²) in [7, 11) is 1.50. The number of methoxy groups -OCH3 is 1. The number of hydrogen-bond acceptors (Lipinski definition) is 3. The predicted octanol–water partition coefficient (Wildman–Crippen LogP) is 3.43. The number of halogens is 2. The van der Waals surface area contributed by atoms with E-state index in [2.05, 4.69) is 5.32 Å². The number of aliphatic hydroxyl groups excluding tert-OH is 1. The van der Waals surface area contributed by atoms with Gasteiger partial charge in [-0.3, -0.25) is 0 Å². The Morgan fingerprint density at radius 2 is 1.86 bits per heavy atom. The zero-order chi connectivity index (χ0) is 15.4. The lowest BCUT2D eigenvalue weighted by atomic mass is 10.0. The third kappa shape index (κ3) is 3.49. The minimum Gasteiger partial charge on any atom is -0.496 e. The summed E-state index contributed by atoms with van der Waals surface area (Å²) in [6.45, 7) is 1.86. The van der Waals surface area contributed by atoms with Crippen molar-refractivity contribution >= 4 is 5.69 Å². The lowest BCUT2D eigenvalue weighted by Gasteiger charge is -2.17. The quantitative estimate of drug-likeness (QED) is 0.887. The van der Waals surface area contributed by atoms with Crippen LogP contribution in [0.5, 0.6) is 5.75 Å². The molecule has 5 heteroatoms. The van der Waals surface area contributed by atoms with Gasteiger partial charge >= 0.3 is 0 Å². The summed E-state index contributed by atoms with van der Waals surface area (Å²) in [5.41, 5.74) is 1.28. The highest BCUT2D eigenvalue weighted by atomic mass is 19.1. The molecule has 0 bridgehead atoms. The smallest absolute Gasteiger partial charge is 0.149 e. The molecule has 0 aliphatic carbocycles. The van der Waals surface area contributed by atoms with Crippen LogP contribution in [0.15, 0.2) is 36.4 Å². The highest BCUT2D eigenvalue weighted by molar-refractivity contribution is 5.47. The Balaban J connectivity index is 2.15. The maximum atomic E-state index is 13.5. The van der Waals surface area contributed by atoms with Crippen LogP contribution in [0.3, 0.4) is 0 Å². The molecule has 0 heterocycles. The van der Waals surface area contributed by atoms with Gasteiger partial charge in [-0.05, 0) is 31.2 Å². The molecule has 2 rings (SSSR count). The number of para-hydroxylation sites is 1. The number of benzene rings is 2. The fourth-order valence-electron chi connectivity index (χ4n) is 2.09. The Morgan fingerprint density at radius 1 is 1.19 bits per heavy atom. The molecular formula is C16H17F2NO2. The van der Waals surface area contributed by atoms with Crippen molar-refractivity contribution in [3.63, 3.8) is 0 Å². The molecule has 0 saturated carbocycles. The van der Waals surface area contributed by atoms with Crippen molar-refractivity contribution in [1.29, 1.82) is 0 Å². The van der Waals surface area contributed by atoms with E-state index in [-0.39, 0.29) is 12.2 Å². The molecule has 0 aromatic heterocycles. The van der Waals surface area contributed by atoms with Crippen molar-refractivity contribution in [3.05, 3.63) is 59.2 Å². The maximum absolute atomic E-state index is 13.5. The van der Waals surface area contributed by atoms with Crippen LogP contribution in [0.4, 0.5) is 14.5 Å². The Labute approximate surface area is 122 Å². The third-order valence-corrected chi connectivity index (χ3v) is 3.18. The fraction of sp³-hybridized carbons (Fsp3) is 0.250. The molecule has 112 valence electrons. The largest absolute Gasteiger partial charge is 0.496 e. The van der Waals surface area contributed by atoms with Gasteiger partial charge in [-0.25, -0.2) is 8.78 Å². The molecule has 3 nitrogen and oxygen atoms in total. The molecule has 2 aromatic carbocycles. The summed E-state index contributed by atoms with van der Waals surface area (Å²) in [4.78, 5) is 0. The Morgan fingerprint density at radius 3 is 2.48 bits per heavy atom. The number of aryl methyl sites for hydroxylation is 1. The molecule has 1 unspecified atom stereocenters. The van der Waals surface area contributed by atoms with Crippen LogP contribution in [-0.4, -0.2) is 18.8 Å². The second-order valence-electron chi connectivity index (χ2n) is 4.74. The van der Waals surface area contributed by atoms with Crippen molar-refractivity contribution in [2.24, 2.45) is 0 Å².